The minimum Gasteiger partial charge on any atom is -0.273 e. The van der Waals surface area contributed by atoms with Crippen molar-refractivity contribution in [2.24, 2.45) is 23.7 Å². The van der Waals surface area contributed by atoms with E-state index < -0.39 is 75.1 Å². The van der Waals surface area contributed by atoms with E-state index in [2.05, 4.69) is 0 Å². The van der Waals surface area contributed by atoms with E-state index in [1.54, 1.807) is 0 Å². The molecule has 2 saturated carbocycles. The van der Waals surface area contributed by atoms with Gasteiger partial charge in [0.1, 0.15) is 0 Å². The van der Waals surface area contributed by atoms with Gasteiger partial charge in [0.05, 0.1) is 23.7 Å². The van der Waals surface area contributed by atoms with Crippen molar-refractivity contribution in [1.29, 1.82) is 0 Å². The lowest BCUT2D eigenvalue weighted by atomic mass is 9.80. The molecule has 0 N–H and O–H groups in total. The fourth-order valence-electron chi connectivity index (χ4n) is 5.00. The zero-order valence-electron chi connectivity index (χ0n) is 19.5. The molecule has 8 atom stereocenters. The van der Waals surface area contributed by atoms with Crippen LogP contribution in [-0.2, 0) is 19.2 Å². The molecule has 2 saturated heterocycles. The first kappa shape index (κ1) is 35.4. The number of hydrogen-bond donors (Lipinski definition) is 0. The quantitative estimate of drug-likeness (QED) is 0.0996. The van der Waals surface area contributed by atoms with Gasteiger partial charge < -0.3 is 0 Å². The molecule has 6 nitrogen and oxygen atoms in total. The molecule has 2 aliphatic heterocycles. The zero-order chi connectivity index (χ0) is 29.9. The second kappa shape index (κ2) is 13.7. The summed E-state index contributed by atoms with van der Waals surface area (Å²) in [5, 5.41) is -1.19. The largest absolute Gasteiger partial charge is 0.273 e. The normalized spacial score (nSPS) is 35.3. The van der Waals surface area contributed by atoms with Crippen LogP contribution >= 0.6 is 161 Å². The molecule has 0 aromatic carbocycles. The summed E-state index contributed by atoms with van der Waals surface area (Å²) in [7, 11) is 2.93. The molecule has 0 aromatic heterocycles. The van der Waals surface area contributed by atoms with Crippen LogP contribution in [0.2, 0.25) is 0 Å². The van der Waals surface area contributed by atoms with Crippen LogP contribution in [0.15, 0.2) is 0 Å². The molecule has 4 fully saturated rings. The first-order valence-electron chi connectivity index (χ1n) is 11.5. The number of carbonyl (C=O) groups excluding carboxylic acids is 4. The van der Waals surface area contributed by atoms with E-state index in [0.717, 1.165) is 8.61 Å². The van der Waals surface area contributed by atoms with E-state index in [1.165, 1.54) is 21.6 Å². The third-order valence-electron chi connectivity index (χ3n) is 7.02. The summed E-state index contributed by atoms with van der Waals surface area (Å²) in [5.74, 6) is -4.10. The van der Waals surface area contributed by atoms with Crippen molar-refractivity contribution in [1.82, 2.24) is 8.61 Å². The molecule has 0 unspecified atom stereocenters. The number of rotatable bonds is 9. The summed E-state index contributed by atoms with van der Waals surface area (Å²) in [4.78, 5) is 49.7. The molecule has 2 aliphatic carbocycles. The van der Waals surface area contributed by atoms with Gasteiger partial charge in [-0.25, -0.2) is 8.61 Å². The zero-order valence-corrected chi connectivity index (χ0v) is 30.4. The highest BCUT2D eigenvalue weighted by Crippen LogP contribution is 2.55. The molecule has 4 amide bonds. The summed E-state index contributed by atoms with van der Waals surface area (Å²) < 4.78 is -1.71. The van der Waals surface area contributed by atoms with Gasteiger partial charge in [0.2, 0.25) is 31.0 Å². The van der Waals surface area contributed by atoms with Crippen LogP contribution in [0.25, 0.3) is 0 Å². The van der Waals surface area contributed by atoms with Crippen molar-refractivity contribution in [2.75, 3.05) is 0 Å². The van der Waals surface area contributed by atoms with Crippen LogP contribution in [0.4, 0.5) is 0 Å². The van der Waals surface area contributed by atoms with Gasteiger partial charge in [0, 0.05) is 45.1 Å². The molecule has 4 aliphatic rings. The molecule has 226 valence electrons. The van der Waals surface area contributed by atoms with Gasteiger partial charge in [-0.15, -0.1) is 69.6 Å². The van der Waals surface area contributed by atoms with Crippen LogP contribution in [-0.4, -0.2) is 70.5 Å². The fraction of sp³-hybridized carbons (Fsp3) is 0.800. The lowest BCUT2D eigenvalue weighted by Gasteiger charge is -2.35. The van der Waals surface area contributed by atoms with Crippen LogP contribution in [0.1, 0.15) is 25.7 Å². The predicted molar refractivity (Wildman–Crippen MR) is 173 cm³/mol. The predicted octanol–water partition coefficient (Wildman–Crippen LogP) is 8.28. The van der Waals surface area contributed by atoms with Crippen molar-refractivity contribution in [3.63, 3.8) is 0 Å². The van der Waals surface area contributed by atoms with E-state index >= 15 is 0 Å². The molecular formula is C20H18Cl10N2O4S4. The van der Waals surface area contributed by atoms with Crippen LogP contribution in [0, 0.1) is 23.7 Å². The molecule has 0 bridgehead atoms. The second-order valence-electron chi connectivity index (χ2n) is 9.52. The summed E-state index contributed by atoms with van der Waals surface area (Å²) in [6.45, 7) is 0. The molecule has 0 spiro atoms. The highest BCUT2D eigenvalue weighted by atomic mass is 35.6. The number of hydrogen-bond acceptors (Lipinski definition) is 8. The SMILES string of the molecule is O=C1[C@H]2C[C@@H](SS[C@@H]3C[C@H]4C(=O)N(SC(Cl)(Cl)C(Cl)Cl)C(=O)[C@@H]4C[C@@H]3Cl)[C@@H](Cl)C[C@H]2C(=O)N1SC(Cl)(Cl)C(Cl)Cl. The Morgan fingerprint density at radius 3 is 1.12 bits per heavy atom. The maximum atomic E-state index is 13.1. The van der Waals surface area contributed by atoms with Gasteiger partial charge in [-0.3, -0.25) is 19.2 Å². The van der Waals surface area contributed by atoms with Crippen molar-refractivity contribution < 1.29 is 19.2 Å². The number of halogens is 10. The highest BCUT2D eigenvalue weighted by molar-refractivity contribution is 8.77. The van der Waals surface area contributed by atoms with Gasteiger partial charge in [0.15, 0.2) is 9.67 Å². The summed E-state index contributed by atoms with van der Waals surface area (Å²) in [5.41, 5.74) is 0. The Balaban J connectivity index is 1.38. The molecule has 20 heteroatoms. The minimum atomic E-state index is -1.79. The Labute approximate surface area is 297 Å². The standard InChI is InChI=1S/C20H18Cl10N2O4S4/c21-9-1-5-7(15(35)31(13(5)33)39-19(27,28)17(23)24)3-11(9)37-38-12-4-8-6(2-10(12)22)14(34)32(16(8)36)40-20(29,30)18(25)26/h5-12,17-18H,1-4H2/t5-,6-,7-,8+,9+,10+,11-,12-/m1/s1. The van der Waals surface area contributed by atoms with E-state index in [9.17, 15) is 19.2 Å². The highest BCUT2D eigenvalue weighted by Gasteiger charge is 2.57. The van der Waals surface area contributed by atoms with Crippen LogP contribution in [0.5, 0.6) is 0 Å². The number of nitrogens with zero attached hydrogens (tertiary/aromatic N) is 2. The first-order valence-corrected chi connectivity index (χ1v) is 19.5. The van der Waals surface area contributed by atoms with Gasteiger partial charge in [-0.05, 0) is 25.7 Å². The summed E-state index contributed by atoms with van der Waals surface area (Å²) in [6.07, 6.45) is 1.27. The molecule has 2 heterocycles. The van der Waals surface area contributed by atoms with E-state index in [4.69, 9.17) is 116 Å². The topological polar surface area (TPSA) is 74.8 Å². The average Bonchev–Trinajstić information content (AvgIpc) is 3.21. The Kier molecular flexibility index (Phi) is 12.2. The van der Waals surface area contributed by atoms with Crippen molar-refractivity contribution >= 4 is 185 Å². The Morgan fingerprint density at radius 2 is 0.850 bits per heavy atom. The molecule has 0 aromatic rings. The molecular weight excluding hydrogens is 815 g/mol. The van der Waals surface area contributed by atoms with E-state index in [0.29, 0.717) is 36.7 Å². The van der Waals surface area contributed by atoms with Crippen LogP contribution < -0.4 is 0 Å². The van der Waals surface area contributed by atoms with Gasteiger partial charge in [-0.1, -0.05) is 68.0 Å². The molecule has 4 rings (SSSR count). The van der Waals surface area contributed by atoms with Gasteiger partial charge >= 0.3 is 0 Å². The van der Waals surface area contributed by atoms with Crippen molar-refractivity contribution in [3.8, 4) is 0 Å². The monoisotopic (exact) mass is 828 g/mol. The maximum absolute atomic E-state index is 13.1. The minimum absolute atomic E-state index is 0.188. The number of carbonyl (C=O) groups is 4. The average molecular weight is 833 g/mol. The number of alkyl halides is 10. The number of amides is 4. The summed E-state index contributed by atoms with van der Waals surface area (Å²) in [6, 6.07) is 0. The maximum Gasteiger partial charge on any atom is 0.243 e. The smallest absolute Gasteiger partial charge is 0.243 e. The van der Waals surface area contributed by atoms with Crippen LogP contribution in [0.3, 0.4) is 0 Å². The third kappa shape index (κ3) is 7.26. The van der Waals surface area contributed by atoms with Gasteiger partial charge in [-0.2, -0.15) is 0 Å². The molecule has 40 heavy (non-hydrogen) atoms. The third-order valence-corrected chi connectivity index (χ3v) is 18.2. The van der Waals surface area contributed by atoms with E-state index in [1.807, 2.05) is 0 Å². The number of imide groups is 2. The lowest BCUT2D eigenvalue weighted by molar-refractivity contribution is -0.134. The Hall–Kier alpha value is 2.58. The Morgan fingerprint density at radius 1 is 0.575 bits per heavy atom. The fourth-order valence-corrected chi connectivity index (χ4v) is 12.6. The van der Waals surface area contributed by atoms with Crippen molar-refractivity contribution in [2.45, 2.75) is 63.9 Å². The van der Waals surface area contributed by atoms with E-state index in [-0.39, 0.29) is 23.3 Å². The second-order valence-corrected chi connectivity index (χ2v) is 21.6. The number of fused-ring (bicyclic) bond motifs is 2. The summed E-state index contributed by atoms with van der Waals surface area (Å²) >= 11 is 62.1. The van der Waals surface area contributed by atoms with Crippen molar-refractivity contribution in [3.05, 3.63) is 0 Å². The van der Waals surface area contributed by atoms with Gasteiger partial charge in [0.25, 0.3) is 0 Å². The Bertz CT molecular complexity index is 979. The molecule has 0 radical (unpaired) electrons. The lowest BCUT2D eigenvalue weighted by Crippen LogP contribution is -2.37. The first-order chi connectivity index (χ1) is 18.5.